The number of rotatable bonds is 4. The zero-order chi connectivity index (χ0) is 21.7. The van der Waals surface area contributed by atoms with E-state index in [1.807, 2.05) is 65.4 Å². The molecule has 2 saturated heterocycles. The van der Waals surface area contributed by atoms with Crippen LogP contribution in [0.4, 0.5) is 0 Å². The van der Waals surface area contributed by atoms with E-state index >= 15 is 0 Å². The van der Waals surface area contributed by atoms with Crippen molar-refractivity contribution >= 4 is 11.0 Å². The van der Waals surface area contributed by atoms with Gasteiger partial charge >= 0.3 is 0 Å². The quantitative estimate of drug-likeness (QED) is 0.515. The third kappa shape index (κ3) is 3.12. The lowest BCUT2D eigenvalue weighted by molar-refractivity contribution is 0.00863. The zero-order valence-electron chi connectivity index (χ0n) is 17.0. The van der Waals surface area contributed by atoms with E-state index in [1.54, 1.807) is 0 Å². The Labute approximate surface area is 183 Å². The molecule has 2 N–H and O–H groups in total. The fourth-order valence-corrected chi connectivity index (χ4v) is 4.51. The Morgan fingerprint density at radius 2 is 1.81 bits per heavy atom. The van der Waals surface area contributed by atoms with Crippen LogP contribution in [-0.2, 0) is 9.47 Å². The third-order valence-electron chi connectivity index (χ3n) is 6.06. The van der Waals surface area contributed by atoms with Crippen LogP contribution in [0.5, 0.6) is 5.75 Å². The standard InChI is InChI=1S/C24H21N3O5/c28-18-11-30-22-19(12-31-21(18)22)32-16-8-6-14(7-9-16)17-10-27(15-4-2-1-3-5-15)23-20(17)24(29)26-13-25-23/h1-10,13,18-19,21-22,28H,11-12H2,(H,25,26,29)/t18-,19-,21+,22+/m1/s1. The molecule has 0 radical (unpaired) electrons. The molecule has 2 aromatic heterocycles. The summed E-state index contributed by atoms with van der Waals surface area (Å²) in [5.74, 6) is 0.673. The van der Waals surface area contributed by atoms with E-state index in [2.05, 4.69) is 9.97 Å². The molecule has 4 heterocycles. The largest absolute Gasteiger partial charge is 0.485 e. The molecule has 0 aliphatic carbocycles. The van der Waals surface area contributed by atoms with Crippen molar-refractivity contribution in [1.82, 2.24) is 14.5 Å². The van der Waals surface area contributed by atoms with Crippen molar-refractivity contribution in [2.45, 2.75) is 24.4 Å². The van der Waals surface area contributed by atoms with Gasteiger partial charge in [-0.2, -0.15) is 0 Å². The molecule has 0 unspecified atom stereocenters. The first-order valence-corrected chi connectivity index (χ1v) is 10.5. The summed E-state index contributed by atoms with van der Waals surface area (Å²) in [6, 6.07) is 17.4. The molecular formula is C24H21N3O5. The van der Waals surface area contributed by atoms with Gasteiger partial charge < -0.3 is 28.9 Å². The van der Waals surface area contributed by atoms with Crippen molar-refractivity contribution in [3.8, 4) is 22.6 Å². The molecule has 32 heavy (non-hydrogen) atoms. The van der Waals surface area contributed by atoms with Crippen molar-refractivity contribution in [2.24, 2.45) is 0 Å². The number of benzene rings is 2. The lowest BCUT2D eigenvalue weighted by atomic mass is 10.1. The number of aromatic amines is 1. The smallest absolute Gasteiger partial charge is 0.260 e. The minimum atomic E-state index is -0.607. The Morgan fingerprint density at radius 3 is 2.62 bits per heavy atom. The van der Waals surface area contributed by atoms with Crippen molar-refractivity contribution in [3.05, 3.63) is 77.5 Å². The number of hydrogen-bond acceptors (Lipinski definition) is 6. The van der Waals surface area contributed by atoms with Crippen LogP contribution in [0.15, 0.2) is 71.9 Å². The summed E-state index contributed by atoms with van der Waals surface area (Å²) in [6.45, 7) is 0.641. The van der Waals surface area contributed by atoms with Gasteiger partial charge in [-0.05, 0) is 29.8 Å². The number of aromatic nitrogens is 3. The Bertz CT molecular complexity index is 1320. The highest BCUT2D eigenvalue weighted by atomic mass is 16.6. The van der Waals surface area contributed by atoms with Crippen LogP contribution in [0.1, 0.15) is 0 Å². The number of nitrogens with zero attached hydrogens (tertiary/aromatic N) is 2. The molecule has 6 rings (SSSR count). The van der Waals surface area contributed by atoms with Crippen LogP contribution in [-0.4, -0.2) is 57.3 Å². The van der Waals surface area contributed by atoms with Crippen molar-refractivity contribution < 1.29 is 19.3 Å². The predicted molar refractivity (Wildman–Crippen MR) is 117 cm³/mol. The van der Waals surface area contributed by atoms with Crippen molar-refractivity contribution in [1.29, 1.82) is 0 Å². The molecular weight excluding hydrogens is 410 g/mol. The average molecular weight is 431 g/mol. The highest BCUT2D eigenvalue weighted by molar-refractivity contribution is 5.94. The molecule has 0 amide bonds. The summed E-state index contributed by atoms with van der Waals surface area (Å²) in [4.78, 5) is 19.8. The Kier molecular flexibility index (Phi) is 4.57. The second-order valence-electron chi connectivity index (χ2n) is 8.02. The first-order valence-electron chi connectivity index (χ1n) is 10.5. The van der Waals surface area contributed by atoms with Gasteiger partial charge in [-0.3, -0.25) is 4.79 Å². The van der Waals surface area contributed by atoms with Crippen molar-refractivity contribution in [2.75, 3.05) is 13.2 Å². The van der Waals surface area contributed by atoms with Crippen LogP contribution < -0.4 is 10.3 Å². The van der Waals surface area contributed by atoms with E-state index in [4.69, 9.17) is 14.2 Å². The van der Waals surface area contributed by atoms with E-state index in [-0.39, 0.29) is 30.5 Å². The van der Waals surface area contributed by atoms with Crippen LogP contribution in [0.2, 0.25) is 0 Å². The maximum atomic E-state index is 12.7. The number of ether oxygens (including phenoxy) is 3. The Balaban J connectivity index is 1.33. The minimum Gasteiger partial charge on any atom is -0.485 e. The molecule has 4 atom stereocenters. The number of hydrogen-bond donors (Lipinski definition) is 2. The normalized spacial score (nSPS) is 24.7. The molecule has 2 aromatic carbocycles. The summed E-state index contributed by atoms with van der Waals surface area (Å²) in [5, 5.41) is 10.4. The average Bonchev–Trinajstić information content (AvgIpc) is 3.51. The number of nitrogens with one attached hydrogen (secondary N) is 1. The highest BCUT2D eigenvalue weighted by Crippen LogP contribution is 2.33. The van der Waals surface area contributed by atoms with Crippen LogP contribution in [0.3, 0.4) is 0 Å². The fraction of sp³-hybridized carbons (Fsp3) is 0.250. The molecule has 0 spiro atoms. The minimum absolute atomic E-state index is 0.189. The van der Waals surface area contributed by atoms with Crippen LogP contribution in [0.25, 0.3) is 27.8 Å². The first-order chi connectivity index (χ1) is 15.7. The summed E-state index contributed by atoms with van der Waals surface area (Å²) >= 11 is 0. The molecule has 8 heteroatoms. The third-order valence-corrected chi connectivity index (χ3v) is 6.06. The monoisotopic (exact) mass is 431 g/mol. The Hall–Kier alpha value is -3.46. The fourth-order valence-electron chi connectivity index (χ4n) is 4.51. The number of para-hydroxylation sites is 1. The van der Waals surface area contributed by atoms with Gasteiger partial charge in [0.05, 0.1) is 24.9 Å². The molecule has 4 aromatic rings. The first kappa shape index (κ1) is 19.2. The predicted octanol–water partition coefficient (Wildman–Crippen LogP) is 2.29. The van der Waals surface area contributed by atoms with Gasteiger partial charge in [0, 0.05) is 17.4 Å². The lowest BCUT2D eigenvalue weighted by Gasteiger charge is -2.18. The van der Waals surface area contributed by atoms with Gasteiger partial charge in [-0.1, -0.05) is 30.3 Å². The number of fused-ring (bicyclic) bond motifs is 2. The molecule has 0 saturated carbocycles. The summed E-state index contributed by atoms with van der Waals surface area (Å²) in [7, 11) is 0. The zero-order valence-corrected chi connectivity index (χ0v) is 17.0. The molecule has 2 aliphatic rings. The Morgan fingerprint density at radius 1 is 1.03 bits per heavy atom. The number of aliphatic hydroxyl groups excluding tert-OH is 1. The van der Waals surface area contributed by atoms with Crippen molar-refractivity contribution in [3.63, 3.8) is 0 Å². The van der Waals surface area contributed by atoms with E-state index in [0.717, 1.165) is 16.8 Å². The van der Waals surface area contributed by atoms with E-state index < -0.39 is 6.10 Å². The maximum absolute atomic E-state index is 12.7. The number of aliphatic hydroxyl groups is 1. The van der Waals surface area contributed by atoms with Gasteiger partial charge in [0.15, 0.2) is 11.8 Å². The molecule has 2 fully saturated rings. The second kappa shape index (κ2) is 7.59. The highest BCUT2D eigenvalue weighted by Gasteiger charge is 2.48. The number of H-pyrrole nitrogens is 1. The van der Waals surface area contributed by atoms with Gasteiger partial charge in [0.25, 0.3) is 5.56 Å². The SMILES string of the molecule is O=c1[nH]cnc2c1c(-c1ccc(O[C@@H]3CO[C@@H]4[C@H]3OC[C@H]4O)cc1)cn2-c1ccccc1. The summed E-state index contributed by atoms with van der Waals surface area (Å²) < 4.78 is 19.2. The van der Waals surface area contributed by atoms with E-state index in [9.17, 15) is 9.90 Å². The maximum Gasteiger partial charge on any atom is 0.260 e. The van der Waals surface area contributed by atoms with Crippen LogP contribution in [0, 0.1) is 0 Å². The summed E-state index contributed by atoms with van der Waals surface area (Å²) in [5.41, 5.74) is 3.00. The molecule has 0 bridgehead atoms. The second-order valence-corrected chi connectivity index (χ2v) is 8.02. The van der Waals surface area contributed by atoms with Gasteiger partial charge in [0.1, 0.15) is 24.1 Å². The van der Waals surface area contributed by atoms with Gasteiger partial charge in [-0.25, -0.2) is 4.98 Å². The molecule has 8 nitrogen and oxygen atoms in total. The molecule has 162 valence electrons. The van der Waals surface area contributed by atoms with E-state index in [1.165, 1.54) is 6.33 Å². The summed E-state index contributed by atoms with van der Waals surface area (Å²) in [6.07, 6.45) is 1.88. The van der Waals surface area contributed by atoms with Gasteiger partial charge in [-0.15, -0.1) is 0 Å². The topological polar surface area (TPSA) is 98.6 Å². The van der Waals surface area contributed by atoms with E-state index in [0.29, 0.717) is 23.4 Å². The molecule has 2 aliphatic heterocycles. The lowest BCUT2D eigenvalue weighted by Crippen LogP contribution is -2.34. The van der Waals surface area contributed by atoms with Crippen LogP contribution >= 0.6 is 0 Å². The van der Waals surface area contributed by atoms with Gasteiger partial charge in [0.2, 0.25) is 0 Å².